The summed E-state index contributed by atoms with van der Waals surface area (Å²) in [6, 6.07) is 11.0. The molecule has 0 unspecified atom stereocenters. The topological polar surface area (TPSA) is 3.88 Å². The third-order valence-corrected chi connectivity index (χ3v) is 5.70. The monoisotopic (exact) mass is 270 g/mol. The number of aromatic nitrogens is 1. The summed E-state index contributed by atoms with van der Waals surface area (Å²) < 4.78 is 2.30. The van der Waals surface area contributed by atoms with E-state index in [1.54, 1.807) is 0 Å². The van der Waals surface area contributed by atoms with E-state index in [4.69, 9.17) is 0 Å². The Bertz CT molecular complexity index is 586. The lowest BCUT2D eigenvalue weighted by molar-refractivity contribution is -0.659. The quantitative estimate of drug-likeness (QED) is 0.582. The first-order valence-electron chi connectivity index (χ1n) is 6.87. The second-order valence-electron chi connectivity index (χ2n) is 6.44. The van der Waals surface area contributed by atoms with Crippen LogP contribution < -0.4 is 9.75 Å². The highest BCUT2D eigenvalue weighted by Gasteiger charge is 2.23. The second-order valence-corrected chi connectivity index (χ2v) is 11.5. The fourth-order valence-corrected chi connectivity index (χ4v) is 3.77. The van der Waals surface area contributed by atoms with Crippen LogP contribution in [-0.2, 0) is 7.05 Å². The van der Waals surface area contributed by atoms with Gasteiger partial charge in [-0.1, -0.05) is 37.8 Å². The van der Waals surface area contributed by atoms with E-state index in [0.29, 0.717) is 0 Å². The van der Waals surface area contributed by atoms with Crippen LogP contribution in [0.15, 0.2) is 36.5 Å². The molecule has 0 amide bonds. The molecule has 0 saturated heterocycles. The molecule has 0 aliphatic carbocycles. The first-order valence-corrected chi connectivity index (χ1v) is 10.4. The zero-order valence-corrected chi connectivity index (χ0v) is 13.9. The van der Waals surface area contributed by atoms with Gasteiger partial charge in [0, 0.05) is 16.3 Å². The first-order chi connectivity index (χ1) is 8.80. The van der Waals surface area contributed by atoms with Crippen molar-refractivity contribution in [1.29, 1.82) is 0 Å². The Morgan fingerprint density at radius 3 is 2.11 bits per heavy atom. The van der Waals surface area contributed by atoms with Gasteiger partial charge >= 0.3 is 0 Å². The molecule has 1 heterocycles. The van der Waals surface area contributed by atoms with E-state index in [1.165, 1.54) is 27.6 Å². The van der Waals surface area contributed by atoms with Gasteiger partial charge in [0.1, 0.15) is 7.05 Å². The van der Waals surface area contributed by atoms with Gasteiger partial charge in [0.05, 0.1) is 8.07 Å². The van der Waals surface area contributed by atoms with Gasteiger partial charge in [-0.2, -0.15) is 0 Å². The van der Waals surface area contributed by atoms with Crippen molar-refractivity contribution in [2.45, 2.75) is 33.5 Å². The predicted octanol–water partition coefficient (Wildman–Crippen LogP) is 3.34. The molecular formula is C17H24NSi+. The van der Waals surface area contributed by atoms with Crippen LogP contribution in [0.3, 0.4) is 0 Å². The number of hydrogen-bond donors (Lipinski definition) is 0. The molecule has 100 valence electrons. The Morgan fingerprint density at radius 2 is 1.58 bits per heavy atom. The van der Waals surface area contributed by atoms with Crippen LogP contribution in [0.4, 0.5) is 0 Å². The minimum Gasteiger partial charge on any atom is -0.201 e. The minimum atomic E-state index is -1.25. The van der Waals surface area contributed by atoms with Gasteiger partial charge in [0.25, 0.3) is 0 Å². The van der Waals surface area contributed by atoms with Crippen LogP contribution in [-0.4, -0.2) is 8.07 Å². The van der Waals surface area contributed by atoms with Crippen LogP contribution in [0.1, 0.15) is 11.1 Å². The van der Waals surface area contributed by atoms with Crippen molar-refractivity contribution in [3.63, 3.8) is 0 Å². The zero-order chi connectivity index (χ0) is 14.2. The molecule has 1 aromatic heterocycles. The Labute approximate surface area is 117 Å². The van der Waals surface area contributed by atoms with Crippen molar-refractivity contribution in [1.82, 2.24) is 0 Å². The number of rotatable bonds is 2. The van der Waals surface area contributed by atoms with Gasteiger partial charge < -0.3 is 0 Å². The third-order valence-electron chi connectivity index (χ3n) is 3.70. The van der Waals surface area contributed by atoms with Gasteiger partial charge in [-0.25, -0.2) is 4.57 Å². The van der Waals surface area contributed by atoms with Crippen molar-refractivity contribution in [2.75, 3.05) is 0 Å². The summed E-state index contributed by atoms with van der Waals surface area (Å²) in [4.78, 5) is 0. The second kappa shape index (κ2) is 4.93. The van der Waals surface area contributed by atoms with E-state index < -0.39 is 8.07 Å². The van der Waals surface area contributed by atoms with Crippen molar-refractivity contribution in [3.8, 4) is 11.3 Å². The summed E-state index contributed by atoms with van der Waals surface area (Å²) in [5.74, 6) is 0. The molecule has 0 saturated carbocycles. The number of hydrogen-bond acceptors (Lipinski definition) is 0. The molecule has 0 bridgehead atoms. The van der Waals surface area contributed by atoms with Gasteiger partial charge in [0.15, 0.2) is 6.20 Å². The number of benzene rings is 1. The summed E-state index contributed by atoms with van der Waals surface area (Å²) in [6.45, 7) is 11.6. The Morgan fingerprint density at radius 1 is 0.947 bits per heavy atom. The molecule has 0 aliphatic rings. The molecular weight excluding hydrogens is 246 g/mol. The van der Waals surface area contributed by atoms with E-state index >= 15 is 0 Å². The molecule has 0 aliphatic heterocycles. The average Bonchev–Trinajstić information content (AvgIpc) is 2.29. The smallest absolute Gasteiger partial charge is 0.201 e. The standard InChI is InChI=1S/C17H24NSi/c1-13-9-7-8-10-16(13)17-14(2)11-15(12-18(17)3)19(4,5)6/h7-12H,1-6H3/q+1. The highest BCUT2D eigenvalue weighted by atomic mass is 28.3. The maximum atomic E-state index is 2.40. The van der Waals surface area contributed by atoms with Crippen molar-refractivity contribution < 1.29 is 4.57 Å². The van der Waals surface area contributed by atoms with Gasteiger partial charge in [-0.3, -0.25) is 0 Å². The predicted molar refractivity (Wildman–Crippen MR) is 85.5 cm³/mol. The lowest BCUT2D eigenvalue weighted by atomic mass is 10.0. The summed E-state index contributed by atoms with van der Waals surface area (Å²) in [5, 5.41) is 1.52. The van der Waals surface area contributed by atoms with Crippen LogP contribution in [0.25, 0.3) is 11.3 Å². The highest BCUT2D eigenvalue weighted by molar-refractivity contribution is 6.88. The third kappa shape index (κ3) is 2.79. The Kier molecular flexibility index (Phi) is 3.63. The van der Waals surface area contributed by atoms with Crippen molar-refractivity contribution >= 4 is 13.3 Å². The molecule has 2 heteroatoms. The van der Waals surface area contributed by atoms with Crippen LogP contribution in [0.5, 0.6) is 0 Å². The molecule has 1 aromatic carbocycles. The molecule has 0 atom stereocenters. The van der Waals surface area contributed by atoms with Gasteiger partial charge in [0.2, 0.25) is 5.69 Å². The van der Waals surface area contributed by atoms with E-state index in [9.17, 15) is 0 Å². The van der Waals surface area contributed by atoms with Crippen LogP contribution in [0, 0.1) is 13.8 Å². The molecule has 0 fully saturated rings. The largest absolute Gasteiger partial charge is 0.215 e. The van der Waals surface area contributed by atoms with E-state index in [1.807, 2.05) is 0 Å². The number of aryl methyl sites for hydroxylation is 3. The molecule has 0 N–H and O–H groups in total. The van der Waals surface area contributed by atoms with E-state index in [2.05, 4.69) is 81.6 Å². The number of pyridine rings is 1. The maximum absolute atomic E-state index is 2.40. The average molecular weight is 270 g/mol. The summed E-state index contributed by atoms with van der Waals surface area (Å²) in [6.07, 6.45) is 2.32. The lowest BCUT2D eigenvalue weighted by Gasteiger charge is -2.17. The Balaban J connectivity index is 2.65. The fraction of sp³-hybridized carbons (Fsp3) is 0.353. The van der Waals surface area contributed by atoms with Crippen molar-refractivity contribution in [2.24, 2.45) is 7.05 Å². The maximum Gasteiger partial charge on any atom is 0.215 e. The molecule has 1 nitrogen and oxygen atoms in total. The van der Waals surface area contributed by atoms with Crippen LogP contribution >= 0.6 is 0 Å². The lowest BCUT2D eigenvalue weighted by Crippen LogP contribution is -2.45. The normalized spacial score (nSPS) is 11.7. The van der Waals surface area contributed by atoms with Crippen LogP contribution in [0.2, 0.25) is 19.6 Å². The highest BCUT2D eigenvalue weighted by Crippen LogP contribution is 2.22. The summed E-state index contributed by atoms with van der Waals surface area (Å²) >= 11 is 0. The first kappa shape index (κ1) is 14.0. The SMILES string of the molecule is Cc1ccccc1-c1c(C)cc([Si](C)(C)C)c[n+]1C. The number of nitrogens with zero attached hydrogens (tertiary/aromatic N) is 1. The molecule has 0 radical (unpaired) electrons. The molecule has 0 spiro atoms. The summed E-state index contributed by atoms with van der Waals surface area (Å²) in [7, 11) is 0.911. The van der Waals surface area contributed by atoms with Crippen molar-refractivity contribution in [3.05, 3.63) is 47.7 Å². The minimum absolute atomic E-state index is 1.25. The van der Waals surface area contributed by atoms with E-state index in [-0.39, 0.29) is 0 Å². The summed E-state index contributed by atoms with van der Waals surface area (Å²) in [5.41, 5.74) is 5.38. The molecule has 19 heavy (non-hydrogen) atoms. The molecule has 2 aromatic rings. The fourth-order valence-electron chi connectivity index (χ4n) is 2.54. The van der Waals surface area contributed by atoms with Gasteiger partial charge in [-0.15, -0.1) is 0 Å². The Hall–Kier alpha value is -1.41. The van der Waals surface area contributed by atoms with Gasteiger partial charge in [-0.05, 0) is 31.5 Å². The molecule has 2 rings (SSSR count). The van der Waals surface area contributed by atoms with E-state index in [0.717, 1.165) is 0 Å². The zero-order valence-electron chi connectivity index (χ0n) is 12.9.